The maximum absolute atomic E-state index is 14.0. The predicted molar refractivity (Wildman–Crippen MR) is 89.1 cm³/mol. The van der Waals surface area contributed by atoms with Gasteiger partial charge in [0.1, 0.15) is 0 Å². The Balaban J connectivity index is 2.06. The molecule has 0 saturated carbocycles. The predicted octanol–water partition coefficient (Wildman–Crippen LogP) is 3.66. The zero-order chi connectivity index (χ0) is 16.7. The molecule has 1 aromatic heterocycles. The molecule has 0 bridgehead atoms. The van der Waals surface area contributed by atoms with Crippen molar-refractivity contribution in [2.45, 2.75) is 26.8 Å². The minimum Gasteiger partial charge on any atom is -0.353 e. The highest BCUT2D eigenvalue weighted by Crippen LogP contribution is 2.19. The van der Waals surface area contributed by atoms with Crippen LogP contribution in [0, 0.1) is 11.7 Å². The van der Waals surface area contributed by atoms with Gasteiger partial charge < -0.3 is 9.74 Å². The molecule has 2 rings (SSSR count). The average Bonchev–Trinajstić information content (AvgIpc) is 2.53. The summed E-state index contributed by atoms with van der Waals surface area (Å²) in [6.07, 6.45) is 3.55. The monoisotopic (exact) mass is 316 g/mol. The number of hydrogen-bond acceptors (Lipinski definition) is 5. The summed E-state index contributed by atoms with van der Waals surface area (Å²) in [7, 11) is 1.77. The van der Waals surface area contributed by atoms with Gasteiger partial charge in [-0.25, -0.2) is 4.39 Å². The van der Waals surface area contributed by atoms with E-state index in [1.807, 2.05) is 30.3 Å². The van der Waals surface area contributed by atoms with Crippen molar-refractivity contribution in [3.05, 3.63) is 47.9 Å². The van der Waals surface area contributed by atoms with Crippen molar-refractivity contribution in [3.63, 3.8) is 0 Å². The summed E-state index contributed by atoms with van der Waals surface area (Å²) < 4.78 is 14.0. The second-order valence-electron chi connectivity index (χ2n) is 5.67. The van der Waals surface area contributed by atoms with Gasteiger partial charge in [0.15, 0.2) is 11.6 Å². The summed E-state index contributed by atoms with van der Waals surface area (Å²) >= 11 is 0. The van der Waals surface area contributed by atoms with Crippen LogP contribution in [0.5, 0.6) is 6.01 Å². The Morgan fingerprint density at radius 1 is 1.30 bits per heavy atom. The third kappa shape index (κ3) is 5.32. The van der Waals surface area contributed by atoms with Crippen LogP contribution in [-0.4, -0.2) is 23.2 Å². The van der Waals surface area contributed by atoms with Gasteiger partial charge in [-0.3, -0.25) is 0 Å². The first kappa shape index (κ1) is 16.9. The molecular weight excluding hydrogens is 295 g/mol. The van der Waals surface area contributed by atoms with Gasteiger partial charge in [0, 0.05) is 19.8 Å². The zero-order valence-electron chi connectivity index (χ0n) is 13.6. The van der Waals surface area contributed by atoms with Gasteiger partial charge in [0.2, 0.25) is 0 Å². The number of aromatic nitrogens is 2. The largest absolute Gasteiger partial charge is 0.353 e. The summed E-state index contributed by atoms with van der Waals surface area (Å²) in [5, 5.41) is 3.80. The molecule has 0 fully saturated rings. The van der Waals surface area contributed by atoms with Gasteiger partial charge in [-0.1, -0.05) is 49.3 Å². The fraction of sp³-hybridized carbons (Fsp3) is 0.353. The van der Waals surface area contributed by atoms with Crippen molar-refractivity contribution in [1.29, 1.82) is 0 Å². The molecule has 0 spiro atoms. The molecule has 122 valence electrons. The van der Waals surface area contributed by atoms with Crippen LogP contribution < -0.4 is 9.74 Å². The lowest BCUT2D eigenvalue weighted by Crippen LogP contribution is -2.19. The number of benzene rings is 1. The molecular formula is C17H21FN4O. The topological polar surface area (TPSA) is 50.6 Å². The first-order valence-corrected chi connectivity index (χ1v) is 7.52. The number of oxime groups is 1. The Morgan fingerprint density at radius 2 is 2.04 bits per heavy atom. The minimum absolute atomic E-state index is 0.0290. The minimum atomic E-state index is -0.498. The van der Waals surface area contributed by atoms with E-state index >= 15 is 0 Å². The van der Waals surface area contributed by atoms with Crippen LogP contribution in [0.25, 0.3) is 0 Å². The summed E-state index contributed by atoms with van der Waals surface area (Å²) in [4.78, 5) is 14.7. The van der Waals surface area contributed by atoms with E-state index in [1.54, 1.807) is 18.2 Å². The molecule has 5 nitrogen and oxygen atoms in total. The summed E-state index contributed by atoms with van der Waals surface area (Å²) in [5.74, 6) is 0.170. The summed E-state index contributed by atoms with van der Waals surface area (Å²) in [6.45, 7) is 4.69. The summed E-state index contributed by atoms with van der Waals surface area (Å²) in [5.41, 5.74) is 1.06. The van der Waals surface area contributed by atoms with E-state index in [-0.39, 0.29) is 11.8 Å². The van der Waals surface area contributed by atoms with Gasteiger partial charge in [-0.05, 0) is 17.9 Å². The number of rotatable bonds is 7. The lowest BCUT2D eigenvalue weighted by molar-refractivity contribution is 0.311. The van der Waals surface area contributed by atoms with Crippen LogP contribution in [0.15, 0.2) is 41.7 Å². The Bertz CT molecular complexity index is 646. The number of hydrogen-bond donors (Lipinski definition) is 0. The molecule has 0 N–H and O–H groups in total. The highest BCUT2D eigenvalue weighted by atomic mass is 19.1. The van der Waals surface area contributed by atoms with E-state index < -0.39 is 5.82 Å². The molecule has 0 radical (unpaired) electrons. The molecule has 0 saturated heterocycles. The Labute approximate surface area is 135 Å². The van der Waals surface area contributed by atoms with E-state index in [4.69, 9.17) is 4.84 Å². The van der Waals surface area contributed by atoms with Crippen LogP contribution in [0.3, 0.4) is 0 Å². The lowest BCUT2D eigenvalue weighted by atomic mass is 10.2. The normalized spacial score (nSPS) is 11.2. The number of anilines is 1. The quantitative estimate of drug-likeness (QED) is 0.578. The van der Waals surface area contributed by atoms with Crippen LogP contribution in [-0.2, 0) is 6.54 Å². The van der Waals surface area contributed by atoms with Crippen LogP contribution in [0.2, 0.25) is 0 Å². The van der Waals surface area contributed by atoms with E-state index in [2.05, 4.69) is 29.0 Å². The highest BCUT2D eigenvalue weighted by molar-refractivity contribution is 5.56. The first-order chi connectivity index (χ1) is 11.1. The van der Waals surface area contributed by atoms with Gasteiger partial charge in [0.05, 0.1) is 6.20 Å². The molecule has 0 aliphatic rings. The Kier molecular flexibility index (Phi) is 6.02. The summed E-state index contributed by atoms with van der Waals surface area (Å²) in [6, 6.07) is 9.80. The Morgan fingerprint density at radius 3 is 2.74 bits per heavy atom. The standard InChI is InChI=1S/C17H21FN4O/c1-13(2)9-10-20-23-17-19-11-15(18)16(21-17)22(3)12-14-7-5-4-6-8-14/h4-8,10-11,13H,9,12H2,1-3H3/b20-10+. The number of halogens is 1. The van der Waals surface area contributed by atoms with Crippen molar-refractivity contribution >= 4 is 12.0 Å². The maximum Gasteiger partial charge on any atom is 0.347 e. The average molecular weight is 316 g/mol. The van der Waals surface area contributed by atoms with Crippen molar-refractivity contribution in [2.24, 2.45) is 11.1 Å². The van der Waals surface area contributed by atoms with Crippen molar-refractivity contribution in [2.75, 3.05) is 11.9 Å². The SMILES string of the molecule is CC(C)C/C=N/Oc1ncc(F)c(N(C)Cc2ccccc2)n1. The number of nitrogens with zero attached hydrogens (tertiary/aromatic N) is 4. The third-order valence-electron chi connectivity index (χ3n) is 3.11. The smallest absolute Gasteiger partial charge is 0.347 e. The fourth-order valence-electron chi connectivity index (χ4n) is 1.92. The zero-order valence-corrected chi connectivity index (χ0v) is 13.6. The molecule has 6 heteroatoms. The molecule has 0 aliphatic heterocycles. The molecule has 0 amide bonds. The molecule has 0 aliphatic carbocycles. The van der Waals surface area contributed by atoms with E-state index in [0.717, 1.165) is 18.2 Å². The van der Waals surface area contributed by atoms with Gasteiger partial charge in [0.25, 0.3) is 0 Å². The van der Waals surface area contributed by atoms with Gasteiger partial charge in [-0.15, -0.1) is 0 Å². The van der Waals surface area contributed by atoms with E-state index in [9.17, 15) is 4.39 Å². The van der Waals surface area contributed by atoms with Gasteiger partial charge in [-0.2, -0.15) is 9.97 Å². The van der Waals surface area contributed by atoms with Gasteiger partial charge >= 0.3 is 6.01 Å². The molecule has 2 aromatic rings. The maximum atomic E-state index is 14.0. The van der Waals surface area contributed by atoms with Crippen molar-refractivity contribution < 1.29 is 9.23 Å². The molecule has 0 atom stereocenters. The molecule has 1 heterocycles. The van der Waals surface area contributed by atoms with Crippen LogP contribution in [0.4, 0.5) is 10.2 Å². The lowest BCUT2D eigenvalue weighted by Gasteiger charge is -2.18. The molecule has 1 aromatic carbocycles. The highest BCUT2D eigenvalue weighted by Gasteiger charge is 2.13. The van der Waals surface area contributed by atoms with E-state index in [0.29, 0.717) is 12.5 Å². The van der Waals surface area contributed by atoms with Crippen molar-refractivity contribution in [1.82, 2.24) is 9.97 Å². The Hall–Kier alpha value is -2.50. The molecule has 23 heavy (non-hydrogen) atoms. The van der Waals surface area contributed by atoms with E-state index in [1.165, 1.54) is 0 Å². The van der Waals surface area contributed by atoms with Crippen molar-refractivity contribution in [3.8, 4) is 6.01 Å². The second-order valence-corrected chi connectivity index (χ2v) is 5.67. The fourth-order valence-corrected chi connectivity index (χ4v) is 1.92. The third-order valence-corrected chi connectivity index (χ3v) is 3.11. The van der Waals surface area contributed by atoms with Crippen LogP contribution in [0.1, 0.15) is 25.8 Å². The van der Waals surface area contributed by atoms with Crippen LogP contribution >= 0.6 is 0 Å². The second kappa shape index (κ2) is 8.22. The molecule has 0 unspecified atom stereocenters. The first-order valence-electron chi connectivity index (χ1n) is 7.52.